The van der Waals surface area contributed by atoms with Crippen LogP contribution in [0, 0.1) is 5.82 Å². The first-order chi connectivity index (χ1) is 16.6. The number of rotatable bonds is 9. The van der Waals surface area contributed by atoms with Gasteiger partial charge in [0.05, 0.1) is 18.7 Å². The minimum Gasteiger partial charge on any atom is -0.492 e. The second kappa shape index (κ2) is 11.7. The highest BCUT2D eigenvalue weighted by Gasteiger charge is 2.14. The predicted molar refractivity (Wildman–Crippen MR) is 131 cm³/mol. The average Bonchev–Trinajstić information content (AvgIpc) is 2.85. The van der Waals surface area contributed by atoms with Crippen LogP contribution in [0.5, 0.6) is 5.75 Å². The molecule has 34 heavy (non-hydrogen) atoms. The molecule has 1 aromatic heterocycles. The highest BCUT2D eigenvalue weighted by Crippen LogP contribution is 2.26. The summed E-state index contributed by atoms with van der Waals surface area (Å²) in [7, 11) is 2.13. The lowest BCUT2D eigenvalue weighted by molar-refractivity contribution is -0.120. The van der Waals surface area contributed by atoms with Crippen molar-refractivity contribution in [3.63, 3.8) is 0 Å². The Bertz CT molecular complexity index is 1070. The van der Waals surface area contributed by atoms with Crippen LogP contribution in [0.2, 0.25) is 0 Å². The summed E-state index contributed by atoms with van der Waals surface area (Å²) in [5.41, 5.74) is 2.96. The highest BCUT2D eigenvalue weighted by molar-refractivity contribution is 5.78. The van der Waals surface area contributed by atoms with Crippen molar-refractivity contribution in [2.24, 2.45) is 0 Å². The second-order valence-electron chi connectivity index (χ2n) is 8.61. The molecular weight excluding hydrogens is 431 g/mol. The minimum absolute atomic E-state index is 0.0809. The molecule has 1 N–H and O–H groups in total. The molecule has 4 rings (SSSR count). The third-order valence-electron chi connectivity index (χ3n) is 6.04. The number of nitrogens with one attached hydrogen (secondary N) is 1. The summed E-state index contributed by atoms with van der Waals surface area (Å²) < 4.78 is 20.5. The van der Waals surface area contributed by atoms with Gasteiger partial charge in [-0.3, -0.25) is 14.7 Å². The van der Waals surface area contributed by atoms with Crippen LogP contribution < -0.4 is 10.1 Å². The van der Waals surface area contributed by atoms with Crippen molar-refractivity contribution in [2.45, 2.75) is 13.0 Å². The third-order valence-corrected chi connectivity index (χ3v) is 6.04. The van der Waals surface area contributed by atoms with Crippen molar-refractivity contribution in [3.8, 4) is 16.9 Å². The van der Waals surface area contributed by atoms with Gasteiger partial charge in [0, 0.05) is 50.6 Å². The first-order valence-electron chi connectivity index (χ1n) is 11.7. The molecule has 3 aromatic rings. The fourth-order valence-corrected chi connectivity index (χ4v) is 3.93. The van der Waals surface area contributed by atoms with Gasteiger partial charge in [-0.2, -0.15) is 0 Å². The van der Waals surface area contributed by atoms with Crippen LogP contribution in [0.15, 0.2) is 66.9 Å². The van der Waals surface area contributed by atoms with E-state index in [2.05, 4.69) is 27.1 Å². The van der Waals surface area contributed by atoms with E-state index in [0.29, 0.717) is 24.5 Å². The third kappa shape index (κ3) is 6.85. The number of nitrogens with zero attached hydrogens (tertiary/aromatic N) is 3. The maximum absolute atomic E-state index is 14.8. The lowest BCUT2D eigenvalue weighted by Gasteiger charge is -2.32. The number of hydrogen-bond acceptors (Lipinski definition) is 5. The zero-order valence-electron chi connectivity index (χ0n) is 19.5. The van der Waals surface area contributed by atoms with Gasteiger partial charge in [0.1, 0.15) is 18.2 Å². The number of benzene rings is 2. The van der Waals surface area contributed by atoms with Crippen LogP contribution in [0.4, 0.5) is 4.39 Å². The summed E-state index contributed by atoms with van der Waals surface area (Å²) >= 11 is 0. The maximum Gasteiger partial charge on any atom is 0.224 e. The molecule has 0 spiro atoms. The van der Waals surface area contributed by atoms with Crippen molar-refractivity contribution in [3.05, 3.63) is 83.9 Å². The number of halogens is 1. The van der Waals surface area contributed by atoms with E-state index in [1.165, 1.54) is 6.07 Å². The molecule has 0 unspecified atom stereocenters. The Hall–Kier alpha value is -3.29. The van der Waals surface area contributed by atoms with E-state index < -0.39 is 0 Å². The largest absolute Gasteiger partial charge is 0.492 e. The smallest absolute Gasteiger partial charge is 0.224 e. The van der Waals surface area contributed by atoms with Gasteiger partial charge in [0.15, 0.2) is 0 Å². The number of amides is 1. The number of carbonyl (C=O) groups is 1. The van der Waals surface area contributed by atoms with Crippen molar-refractivity contribution in [1.29, 1.82) is 0 Å². The molecule has 1 fully saturated rings. The Balaban J connectivity index is 1.26. The standard InChI is InChI=1S/C27H31FN4O2/c1-31-12-14-32(15-13-31)16-17-34-24-9-10-25(26(28)19-24)22-7-5-21(6-8-22)18-27(33)30-20-23-4-2-3-11-29-23/h2-11,19H,12-18,20H2,1H3,(H,30,33). The van der Waals surface area contributed by atoms with Gasteiger partial charge >= 0.3 is 0 Å². The molecule has 0 atom stereocenters. The molecule has 0 bridgehead atoms. The van der Waals surface area contributed by atoms with Crippen molar-refractivity contribution in [1.82, 2.24) is 20.1 Å². The Morgan fingerprint density at radius 1 is 1.06 bits per heavy atom. The predicted octanol–water partition coefficient (Wildman–Crippen LogP) is 3.37. The van der Waals surface area contributed by atoms with E-state index in [9.17, 15) is 9.18 Å². The zero-order valence-corrected chi connectivity index (χ0v) is 19.5. The number of pyridine rings is 1. The van der Waals surface area contributed by atoms with Gasteiger partial charge in [0.2, 0.25) is 5.91 Å². The Morgan fingerprint density at radius 2 is 1.85 bits per heavy atom. The van der Waals surface area contributed by atoms with E-state index in [4.69, 9.17) is 4.74 Å². The first kappa shape index (κ1) is 23.9. The van der Waals surface area contributed by atoms with E-state index in [-0.39, 0.29) is 18.1 Å². The quantitative estimate of drug-likeness (QED) is 0.529. The van der Waals surface area contributed by atoms with Crippen molar-refractivity contribution in [2.75, 3.05) is 46.4 Å². The minimum atomic E-state index is -0.321. The van der Waals surface area contributed by atoms with E-state index in [0.717, 1.165) is 49.5 Å². The van der Waals surface area contributed by atoms with Crippen LogP contribution in [0.25, 0.3) is 11.1 Å². The number of ether oxygens (including phenoxy) is 1. The molecule has 1 amide bonds. The van der Waals surface area contributed by atoms with Crippen LogP contribution in [-0.4, -0.2) is 67.1 Å². The van der Waals surface area contributed by atoms with Gasteiger partial charge in [-0.05, 0) is 42.4 Å². The molecule has 0 radical (unpaired) electrons. The van der Waals surface area contributed by atoms with E-state index in [1.807, 2.05) is 42.5 Å². The molecule has 1 aliphatic heterocycles. The van der Waals surface area contributed by atoms with E-state index >= 15 is 0 Å². The van der Waals surface area contributed by atoms with Gasteiger partial charge in [0.25, 0.3) is 0 Å². The lowest BCUT2D eigenvalue weighted by Crippen LogP contribution is -2.45. The maximum atomic E-state index is 14.8. The van der Waals surface area contributed by atoms with E-state index in [1.54, 1.807) is 18.3 Å². The summed E-state index contributed by atoms with van der Waals surface area (Å²) in [6.07, 6.45) is 1.96. The molecular formula is C27H31FN4O2. The molecule has 178 valence electrons. The molecule has 6 nitrogen and oxygen atoms in total. The van der Waals surface area contributed by atoms with Gasteiger partial charge in [-0.1, -0.05) is 30.3 Å². The van der Waals surface area contributed by atoms with Crippen molar-refractivity contribution < 1.29 is 13.9 Å². The van der Waals surface area contributed by atoms with Gasteiger partial charge < -0.3 is 15.0 Å². The SMILES string of the molecule is CN1CCN(CCOc2ccc(-c3ccc(CC(=O)NCc4ccccn4)cc3)c(F)c2)CC1. The molecule has 7 heteroatoms. The molecule has 0 aliphatic carbocycles. The van der Waals surface area contributed by atoms with Gasteiger partial charge in [-0.15, -0.1) is 0 Å². The summed E-state index contributed by atoms with van der Waals surface area (Å²) in [5, 5.41) is 2.87. The average molecular weight is 463 g/mol. The summed E-state index contributed by atoms with van der Waals surface area (Å²) in [6.45, 7) is 5.99. The van der Waals surface area contributed by atoms with Crippen LogP contribution in [0.1, 0.15) is 11.3 Å². The van der Waals surface area contributed by atoms with Crippen LogP contribution in [0.3, 0.4) is 0 Å². The molecule has 1 aliphatic rings. The number of hydrogen-bond donors (Lipinski definition) is 1. The Labute approximate surface area is 200 Å². The van der Waals surface area contributed by atoms with Crippen LogP contribution >= 0.6 is 0 Å². The van der Waals surface area contributed by atoms with Crippen molar-refractivity contribution >= 4 is 5.91 Å². The topological polar surface area (TPSA) is 57.7 Å². The van der Waals surface area contributed by atoms with Crippen LogP contribution in [-0.2, 0) is 17.8 Å². The summed E-state index contributed by atoms with van der Waals surface area (Å²) in [6, 6.07) is 18.0. The Morgan fingerprint density at radius 3 is 2.56 bits per heavy atom. The lowest BCUT2D eigenvalue weighted by atomic mass is 10.0. The Kier molecular flexibility index (Phi) is 8.22. The summed E-state index contributed by atoms with van der Waals surface area (Å²) in [4.78, 5) is 21.1. The molecule has 2 aromatic carbocycles. The second-order valence-corrected chi connectivity index (χ2v) is 8.61. The fraction of sp³-hybridized carbons (Fsp3) is 0.333. The zero-order chi connectivity index (χ0) is 23.8. The summed E-state index contributed by atoms with van der Waals surface area (Å²) in [5.74, 6) is 0.136. The normalized spacial score (nSPS) is 14.6. The number of likely N-dealkylation sites (N-methyl/N-ethyl adjacent to an activating group) is 1. The number of aromatic nitrogens is 1. The first-order valence-corrected chi connectivity index (χ1v) is 11.7. The molecule has 0 saturated carbocycles. The monoisotopic (exact) mass is 462 g/mol. The number of piperazine rings is 1. The molecule has 2 heterocycles. The fourth-order valence-electron chi connectivity index (χ4n) is 3.93. The highest BCUT2D eigenvalue weighted by atomic mass is 19.1. The van der Waals surface area contributed by atoms with Gasteiger partial charge in [-0.25, -0.2) is 4.39 Å². The molecule has 1 saturated heterocycles. The number of carbonyl (C=O) groups excluding carboxylic acids is 1.